The third-order valence-corrected chi connectivity index (χ3v) is 3.48. The Balaban J connectivity index is 2.88. The minimum atomic E-state index is -1.22. The van der Waals surface area contributed by atoms with Crippen molar-refractivity contribution in [1.82, 2.24) is 0 Å². The van der Waals surface area contributed by atoms with Crippen LogP contribution in [0.3, 0.4) is 0 Å². The summed E-state index contributed by atoms with van der Waals surface area (Å²) < 4.78 is 10.5. The molecular formula is C16H26O4. The third-order valence-electron chi connectivity index (χ3n) is 3.48. The summed E-state index contributed by atoms with van der Waals surface area (Å²) in [5, 5.41) is 0. The van der Waals surface area contributed by atoms with E-state index in [4.69, 9.17) is 9.47 Å². The molecule has 0 spiro atoms. The first-order valence-electron chi connectivity index (χ1n) is 7.10. The first-order valence-corrected chi connectivity index (χ1v) is 7.10. The molecule has 0 unspecified atom stereocenters. The van der Waals surface area contributed by atoms with E-state index < -0.39 is 23.1 Å². The van der Waals surface area contributed by atoms with Gasteiger partial charge in [0.25, 0.3) is 5.79 Å². The first kappa shape index (κ1) is 16.7. The fraction of sp³-hybridized carbons (Fsp3) is 0.750. The zero-order valence-electron chi connectivity index (χ0n) is 13.2. The summed E-state index contributed by atoms with van der Waals surface area (Å²) in [7, 11) is 0. The smallest absolute Gasteiger partial charge is 0.327 e. The summed E-state index contributed by atoms with van der Waals surface area (Å²) in [6, 6.07) is 0. The van der Waals surface area contributed by atoms with Crippen LogP contribution in [0.5, 0.6) is 0 Å². The number of hydrogen-bond donors (Lipinski definition) is 0. The molecule has 0 aliphatic carbocycles. The molecular weight excluding hydrogens is 256 g/mol. The van der Waals surface area contributed by atoms with Crippen molar-refractivity contribution in [3.63, 3.8) is 0 Å². The summed E-state index contributed by atoms with van der Waals surface area (Å²) in [5.41, 5.74) is -1.06. The molecule has 0 amide bonds. The molecule has 0 aromatic heterocycles. The van der Waals surface area contributed by atoms with Gasteiger partial charge in [-0.05, 0) is 24.7 Å². The standard InChI is InChI=1S/C16H26O4/c1-7-9-16(11-8-10-14(2,3)4)12(17)19-15(5,6)20-13(16)18/h7H,1,8-11H2,2-6H3. The Labute approximate surface area is 121 Å². The van der Waals surface area contributed by atoms with Gasteiger partial charge in [-0.1, -0.05) is 33.3 Å². The van der Waals surface area contributed by atoms with Gasteiger partial charge in [-0.3, -0.25) is 9.59 Å². The Morgan fingerprint density at radius 1 is 1.15 bits per heavy atom. The molecule has 20 heavy (non-hydrogen) atoms. The van der Waals surface area contributed by atoms with Gasteiger partial charge in [0, 0.05) is 13.8 Å². The molecule has 1 aliphatic heterocycles. The minimum absolute atomic E-state index is 0.164. The van der Waals surface area contributed by atoms with Crippen LogP contribution in [-0.2, 0) is 19.1 Å². The van der Waals surface area contributed by atoms with E-state index in [1.165, 1.54) is 0 Å². The van der Waals surface area contributed by atoms with E-state index in [-0.39, 0.29) is 11.8 Å². The second-order valence-electron chi connectivity index (χ2n) is 7.17. The molecule has 0 radical (unpaired) electrons. The van der Waals surface area contributed by atoms with Gasteiger partial charge in [0.05, 0.1) is 0 Å². The molecule has 0 saturated carbocycles. The van der Waals surface area contributed by atoms with Crippen molar-refractivity contribution >= 4 is 11.9 Å². The van der Waals surface area contributed by atoms with Crippen molar-refractivity contribution in [3.8, 4) is 0 Å². The SMILES string of the molecule is C=CCC1(CCCC(C)(C)C)C(=O)OC(C)(C)OC1=O. The van der Waals surface area contributed by atoms with Gasteiger partial charge in [0.15, 0.2) is 5.41 Å². The zero-order valence-corrected chi connectivity index (χ0v) is 13.2. The summed E-state index contributed by atoms with van der Waals surface area (Å²) in [6.45, 7) is 13.2. The Morgan fingerprint density at radius 2 is 1.65 bits per heavy atom. The molecule has 0 atom stereocenters. The molecule has 0 N–H and O–H groups in total. The lowest BCUT2D eigenvalue weighted by Crippen LogP contribution is -2.53. The monoisotopic (exact) mass is 282 g/mol. The Morgan fingerprint density at radius 3 is 2.05 bits per heavy atom. The van der Waals surface area contributed by atoms with Gasteiger partial charge in [-0.25, -0.2) is 0 Å². The van der Waals surface area contributed by atoms with E-state index in [2.05, 4.69) is 27.4 Å². The van der Waals surface area contributed by atoms with E-state index in [0.717, 1.165) is 12.8 Å². The third kappa shape index (κ3) is 3.84. The largest absolute Gasteiger partial charge is 0.422 e. The highest BCUT2D eigenvalue weighted by Crippen LogP contribution is 2.40. The molecule has 4 nitrogen and oxygen atoms in total. The molecule has 4 heteroatoms. The minimum Gasteiger partial charge on any atom is -0.422 e. The molecule has 0 aromatic carbocycles. The summed E-state index contributed by atoms with van der Waals surface area (Å²) >= 11 is 0. The van der Waals surface area contributed by atoms with E-state index in [0.29, 0.717) is 6.42 Å². The Bertz CT molecular complexity index is 381. The summed E-state index contributed by atoms with van der Waals surface area (Å²) in [6.07, 6.45) is 3.96. The first-order chi connectivity index (χ1) is 9.02. The molecule has 1 heterocycles. The number of rotatable bonds is 5. The molecule has 114 valence electrons. The number of esters is 2. The number of cyclic esters (lactones) is 2. The van der Waals surface area contributed by atoms with Crippen LogP contribution in [0.15, 0.2) is 12.7 Å². The van der Waals surface area contributed by atoms with Crippen LogP contribution in [-0.4, -0.2) is 17.7 Å². The number of ether oxygens (including phenoxy) is 2. The number of hydrogen-bond acceptors (Lipinski definition) is 4. The van der Waals surface area contributed by atoms with Crippen LogP contribution in [0.1, 0.15) is 60.3 Å². The van der Waals surface area contributed by atoms with Gasteiger partial charge < -0.3 is 9.47 Å². The zero-order chi connectivity index (χ0) is 15.6. The van der Waals surface area contributed by atoms with E-state index >= 15 is 0 Å². The van der Waals surface area contributed by atoms with Crippen LogP contribution in [0.4, 0.5) is 0 Å². The van der Waals surface area contributed by atoms with Gasteiger partial charge in [-0.2, -0.15) is 0 Å². The predicted molar refractivity (Wildman–Crippen MR) is 76.8 cm³/mol. The number of carbonyl (C=O) groups excluding carboxylic acids is 2. The van der Waals surface area contributed by atoms with Crippen LogP contribution >= 0.6 is 0 Å². The summed E-state index contributed by atoms with van der Waals surface area (Å²) in [4.78, 5) is 24.6. The highest BCUT2D eigenvalue weighted by molar-refractivity contribution is 6.01. The van der Waals surface area contributed by atoms with Gasteiger partial charge in [0.2, 0.25) is 0 Å². The molecule has 1 fully saturated rings. The molecule has 0 aromatic rings. The van der Waals surface area contributed by atoms with Gasteiger partial charge in [0.1, 0.15) is 0 Å². The van der Waals surface area contributed by atoms with Crippen molar-refractivity contribution in [1.29, 1.82) is 0 Å². The normalized spacial score (nSPS) is 21.1. The average molecular weight is 282 g/mol. The van der Waals surface area contributed by atoms with E-state index in [1.54, 1.807) is 19.9 Å². The highest BCUT2D eigenvalue weighted by atomic mass is 16.7. The van der Waals surface area contributed by atoms with Crippen molar-refractivity contribution < 1.29 is 19.1 Å². The Hall–Kier alpha value is -1.32. The topological polar surface area (TPSA) is 52.6 Å². The van der Waals surface area contributed by atoms with Gasteiger partial charge >= 0.3 is 11.9 Å². The second kappa shape index (κ2) is 5.58. The number of allylic oxidation sites excluding steroid dienone is 1. The lowest BCUT2D eigenvalue weighted by Gasteiger charge is -2.40. The molecule has 0 bridgehead atoms. The van der Waals surface area contributed by atoms with Crippen molar-refractivity contribution in [2.45, 2.75) is 66.1 Å². The van der Waals surface area contributed by atoms with Gasteiger partial charge in [-0.15, -0.1) is 6.58 Å². The van der Waals surface area contributed by atoms with Crippen molar-refractivity contribution in [3.05, 3.63) is 12.7 Å². The molecule has 1 rings (SSSR count). The molecule has 1 saturated heterocycles. The van der Waals surface area contributed by atoms with Crippen molar-refractivity contribution in [2.75, 3.05) is 0 Å². The maximum absolute atomic E-state index is 12.3. The quantitative estimate of drug-likeness (QED) is 0.439. The Kier molecular flexibility index (Phi) is 4.67. The summed E-state index contributed by atoms with van der Waals surface area (Å²) in [5.74, 6) is -2.16. The van der Waals surface area contributed by atoms with Crippen LogP contribution in [0.2, 0.25) is 0 Å². The maximum Gasteiger partial charge on any atom is 0.327 e. The highest BCUT2D eigenvalue weighted by Gasteiger charge is 2.54. The number of carbonyl (C=O) groups is 2. The molecule has 1 aliphatic rings. The van der Waals surface area contributed by atoms with E-state index in [1.807, 2.05) is 0 Å². The lowest BCUT2D eigenvalue weighted by atomic mass is 9.76. The second-order valence-corrected chi connectivity index (χ2v) is 7.17. The predicted octanol–water partition coefficient (Wildman–Crippen LogP) is 3.60. The van der Waals surface area contributed by atoms with E-state index in [9.17, 15) is 9.59 Å². The maximum atomic E-state index is 12.3. The van der Waals surface area contributed by atoms with Crippen LogP contribution < -0.4 is 0 Å². The fourth-order valence-electron chi connectivity index (χ4n) is 2.39. The van der Waals surface area contributed by atoms with Crippen molar-refractivity contribution in [2.24, 2.45) is 10.8 Å². The fourth-order valence-corrected chi connectivity index (χ4v) is 2.39. The van der Waals surface area contributed by atoms with Crippen LogP contribution in [0.25, 0.3) is 0 Å². The van der Waals surface area contributed by atoms with Crippen LogP contribution in [0, 0.1) is 10.8 Å². The average Bonchev–Trinajstić information content (AvgIpc) is 2.22. The lowest BCUT2D eigenvalue weighted by molar-refractivity contribution is -0.251.